The summed E-state index contributed by atoms with van der Waals surface area (Å²) in [7, 11) is 1.93. The molecule has 1 fully saturated rings. The zero-order valence-corrected chi connectivity index (χ0v) is 10.9. The Morgan fingerprint density at radius 2 is 2.44 bits per heavy atom. The van der Waals surface area contributed by atoms with Gasteiger partial charge in [-0.15, -0.1) is 10.2 Å². The minimum absolute atomic E-state index is 0.424. The second-order valence-electron chi connectivity index (χ2n) is 4.95. The first kappa shape index (κ1) is 13.5. The minimum atomic E-state index is -0.428. The van der Waals surface area contributed by atoms with Crippen LogP contribution in [0.3, 0.4) is 0 Å². The van der Waals surface area contributed by atoms with Crippen molar-refractivity contribution in [1.82, 2.24) is 20.1 Å². The first-order valence-electron chi connectivity index (χ1n) is 6.55. The predicted molar refractivity (Wildman–Crippen MR) is 67.1 cm³/mol. The number of aliphatic hydroxyl groups excluding tert-OH is 1. The van der Waals surface area contributed by atoms with E-state index in [9.17, 15) is 5.11 Å². The number of rotatable bonds is 9. The summed E-state index contributed by atoms with van der Waals surface area (Å²) in [6, 6.07) is 0. The van der Waals surface area contributed by atoms with E-state index in [1.165, 1.54) is 12.8 Å². The second-order valence-corrected chi connectivity index (χ2v) is 4.95. The highest BCUT2D eigenvalue weighted by molar-refractivity contribution is 4.84. The third-order valence-corrected chi connectivity index (χ3v) is 3.07. The van der Waals surface area contributed by atoms with Crippen LogP contribution in [0.15, 0.2) is 6.33 Å². The van der Waals surface area contributed by atoms with Gasteiger partial charge in [0.25, 0.3) is 0 Å². The molecule has 1 aromatic heterocycles. The molecule has 0 saturated heterocycles. The van der Waals surface area contributed by atoms with Gasteiger partial charge in [0, 0.05) is 33.2 Å². The molecule has 6 nitrogen and oxygen atoms in total. The zero-order chi connectivity index (χ0) is 12.8. The van der Waals surface area contributed by atoms with Crippen LogP contribution in [0.1, 0.15) is 18.7 Å². The molecule has 102 valence electrons. The van der Waals surface area contributed by atoms with Gasteiger partial charge in [-0.05, 0) is 18.8 Å². The monoisotopic (exact) mass is 254 g/mol. The Bertz CT molecular complexity index is 352. The van der Waals surface area contributed by atoms with E-state index in [-0.39, 0.29) is 0 Å². The van der Waals surface area contributed by atoms with Crippen LogP contribution in [0.2, 0.25) is 0 Å². The summed E-state index contributed by atoms with van der Waals surface area (Å²) in [5, 5.41) is 20.7. The standard InChI is InChI=1S/C12H22N4O2/c1-16-9-14-15-12(16)4-5-13-6-11(17)8-18-7-10-2-3-10/h9-11,13,17H,2-8H2,1H3. The number of nitrogens with one attached hydrogen (secondary N) is 1. The lowest BCUT2D eigenvalue weighted by atomic mass is 10.3. The molecule has 0 spiro atoms. The highest BCUT2D eigenvalue weighted by atomic mass is 16.5. The van der Waals surface area contributed by atoms with Gasteiger partial charge in [0.1, 0.15) is 12.2 Å². The molecule has 1 aromatic rings. The lowest BCUT2D eigenvalue weighted by Crippen LogP contribution is -2.32. The van der Waals surface area contributed by atoms with E-state index in [2.05, 4.69) is 15.5 Å². The fraction of sp³-hybridized carbons (Fsp3) is 0.833. The number of aryl methyl sites for hydroxylation is 1. The smallest absolute Gasteiger partial charge is 0.133 e. The van der Waals surface area contributed by atoms with Crippen LogP contribution < -0.4 is 5.32 Å². The van der Waals surface area contributed by atoms with Crippen molar-refractivity contribution >= 4 is 0 Å². The predicted octanol–water partition coefficient (Wildman–Crippen LogP) is -0.265. The Kier molecular flexibility index (Phi) is 5.10. The number of aliphatic hydroxyl groups is 1. The molecule has 18 heavy (non-hydrogen) atoms. The van der Waals surface area contributed by atoms with E-state index in [0.29, 0.717) is 13.2 Å². The number of hydrogen-bond acceptors (Lipinski definition) is 5. The van der Waals surface area contributed by atoms with Crippen molar-refractivity contribution in [3.05, 3.63) is 12.2 Å². The van der Waals surface area contributed by atoms with Crippen LogP contribution in [0.25, 0.3) is 0 Å². The number of hydrogen-bond donors (Lipinski definition) is 2. The van der Waals surface area contributed by atoms with E-state index in [1.807, 2.05) is 11.6 Å². The fourth-order valence-corrected chi connectivity index (χ4v) is 1.72. The van der Waals surface area contributed by atoms with E-state index in [0.717, 1.165) is 31.3 Å². The minimum Gasteiger partial charge on any atom is -0.389 e. The van der Waals surface area contributed by atoms with E-state index >= 15 is 0 Å². The summed E-state index contributed by atoms with van der Waals surface area (Å²) in [6.45, 7) is 2.57. The molecular formula is C12H22N4O2. The summed E-state index contributed by atoms with van der Waals surface area (Å²) in [6.07, 6.45) is 4.64. The van der Waals surface area contributed by atoms with Crippen LogP contribution >= 0.6 is 0 Å². The molecule has 0 bridgehead atoms. The average Bonchev–Trinajstić information content (AvgIpc) is 3.08. The quantitative estimate of drug-likeness (QED) is 0.594. The molecule has 1 saturated carbocycles. The van der Waals surface area contributed by atoms with E-state index in [1.54, 1.807) is 6.33 Å². The molecule has 1 heterocycles. The molecular weight excluding hydrogens is 232 g/mol. The highest BCUT2D eigenvalue weighted by Crippen LogP contribution is 2.28. The molecule has 1 aliphatic carbocycles. The maximum atomic E-state index is 9.67. The highest BCUT2D eigenvalue weighted by Gasteiger charge is 2.21. The third-order valence-electron chi connectivity index (χ3n) is 3.07. The Hall–Kier alpha value is -0.980. The first-order valence-corrected chi connectivity index (χ1v) is 6.55. The molecule has 0 aliphatic heterocycles. The van der Waals surface area contributed by atoms with Crippen molar-refractivity contribution in [3.63, 3.8) is 0 Å². The Labute approximate surface area is 107 Å². The topological polar surface area (TPSA) is 72.2 Å². The van der Waals surface area contributed by atoms with Gasteiger partial charge < -0.3 is 19.7 Å². The SMILES string of the molecule is Cn1cnnc1CCNCC(O)COCC1CC1. The summed E-state index contributed by atoms with van der Waals surface area (Å²) in [4.78, 5) is 0. The van der Waals surface area contributed by atoms with Crippen LogP contribution in [-0.4, -0.2) is 52.3 Å². The lowest BCUT2D eigenvalue weighted by molar-refractivity contribution is 0.0327. The van der Waals surface area contributed by atoms with Crippen LogP contribution in [0.5, 0.6) is 0 Å². The normalized spacial score (nSPS) is 17.0. The largest absolute Gasteiger partial charge is 0.389 e. The third kappa shape index (κ3) is 4.72. The lowest BCUT2D eigenvalue weighted by Gasteiger charge is -2.12. The van der Waals surface area contributed by atoms with Gasteiger partial charge in [0.15, 0.2) is 0 Å². The number of ether oxygens (including phenoxy) is 1. The van der Waals surface area contributed by atoms with Crippen LogP contribution in [0.4, 0.5) is 0 Å². The summed E-state index contributed by atoms with van der Waals surface area (Å²) >= 11 is 0. The maximum absolute atomic E-state index is 9.67. The summed E-state index contributed by atoms with van der Waals surface area (Å²) < 4.78 is 7.32. The van der Waals surface area contributed by atoms with Gasteiger partial charge in [-0.25, -0.2) is 0 Å². The molecule has 1 atom stereocenters. The Balaban J connectivity index is 1.47. The molecule has 1 aliphatic rings. The molecule has 0 aromatic carbocycles. The van der Waals surface area contributed by atoms with Crippen molar-refractivity contribution in [2.45, 2.75) is 25.4 Å². The van der Waals surface area contributed by atoms with E-state index < -0.39 is 6.10 Å². The van der Waals surface area contributed by atoms with Crippen LogP contribution in [-0.2, 0) is 18.2 Å². The van der Waals surface area contributed by atoms with Gasteiger partial charge >= 0.3 is 0 Å². The van der Waals surface area contributed by atoms with E-state index in [4.69, 9.17) is 4.74 Å². The van der Waals surface area contributed by atoms with Crippen molar-refractivity contribution in [1.29, 1.82) is 0 Å². The van der Waals surface area contributed by atoms with Crippen molar-refractivity contribution in [2.75, 3.05) is 26.3 Å². The van der Waals surface area contributed by atoms with Crippen molar-refractivity contribution in [2.24, 2.45) is 13.0 Å². The Morgan fingerprint density at radius 1 is 1.61 bits per heavy atom. The van der Waals surface area contributed by atoms with Gasteiger partial charge in [-0.2, -0.15) is 0 Å². The molecule has 2 N–H and O–H groups in total. The molecule has 0 radical (unpaired) electrons. The Morgan fingerprint density at radius 3 is 3.11 bits per heavy atom. The fourth-order valence-electron chi connectivity index (χ4n) is 1.72. The maximum Gasteiger partial charge on any atom is 0.133 e. The van der Waals surface area contributed by atoms with Crippen molar-refractivity contribution < 1.29 is 9.84 Å². The summed E-state index contributed by atoms with van der Waals surface area (Å²) in [5.74, 6) is 1.70. The van der Waals surface area contributed by atoms with Gasteiger partial charge in [-0.1, -0.05) is 0 Å². The zero-order valence-electron chi connectivity index (χ0n) is 10.9. The molecule has 0 amide bonds. The average molecular weight is 254 g/mol. The molecule has 2 rings (SSSR count). The molecule has 6 heteroatoms. The van der Waals surface area contributed by atoms with Gasteiger partial charge in [-0.3, -0.25) is 0 Å². The molecule has 1 unspecified atom stereocenters. The number of nitrogens with zero attached hydrogens (tertiary/aromatic N) is 3. The second kappa shape index (κ2) is 6.82. The summed E-state index contributed by atoms with van der Waals surface area (Å²) in [5.41, 5.74) is 0. The number of aromatic nitrogens is 3. The first-order chi connectivity index (χ1) is 8.75. The van der Waals surface area contributed by atoms with Gasteiger partial charge in [0.2, 0.25) is 0 Å². The van der Waals surface area contributed by atoms with Gasteiger partial charge in [0.05, 0.1) is 12.7 Å². The van der Waals surface area contributed by atoms with Crippen LogP contribution in [0, 0.1) is 5.92 Å². The van der Waals surface area contributed by atoms with Crippen molar-refractivity contribution in [3.8, 4) is 0 Å².